The molecule has 0 amide bonds. The summed E-state index contributed by atoms with van der Waals surface area (Å²) < 4.78 is 7.92. The Morgan fingerprint density at radius 2 is 1.52 bits per heavy atom. The summed E-state index contributed by atoms with van der Waals surface area (Å²) in [7, 11) is 0. The number of ketones is 1. The summed E-state index contributed by atoms with van der Waals surface area (Å²) >= 11 is 0. The highest BCUT2D eigenvalue weighted by Crippen LogP contribution is 2.35. The monoisotopic (exact) mass is 380 g/mol. The molecule has 1 heterocycles. The summed E-state index contributed by atoms with van der Waals surface area (Å²) in [5.41, 5.74) is 4.34. The second-order valence-corrected chi connectivity index (χ2v) is 7.14. The number of aromatic nitrogens is 2. The maximum atomic E-state index is 12.8. The predicted molar refractivity (Wildman–Crippen MR) is 113 cm³/mol. The number of Topliss-reactive ketones (excluding diaryl/α,β-unsaturated/α-hetero) is 1. The molecule has 0 radical (unpaired) electrons. The zero-order chi connectivity index (χ0) is 19.6. The molecule has 3 aromatic carbocycles. The van der Waals surface area contributed by atoms with Crippen molar-refractivity contribution in [3.63, 3.8) is 0 Å². The van der Waals surface area contributed by atoms with Gasteiger partial charge in [0.05, 0.1) is 22.6 Å². The van der Waals surface area contributed by atoms with Crippen LogP contribution in [0.5, 0.6) is 11.5 Å². The van der Waals surface area contributed by atoms with E-state index in [9.17, 15) is 4.79 Å². The smallest absolute Gasteiger partial charge is 0.166 e. The molecule has 0 fully saturated rings. The van der Waals surface area contributed by atoms with Crippen molar-refractivity contribution in [1.29, 1.82) is 0 Å². The van der Waals surface area contributed by atoms with E-state index in [-0.39, 0.29) is 5.78 Å². The summed E-state index contributed by atoms with van der Waals surface area (Å²) in [4.78, 5) is 12.8. The van der Waals surface area contributed by atoms with Gasteiger partial charge in [-0.15, -0.1) is 0 Å². The lowest BCUT2D eigenvalue weighted by atomic mass is 9.92. The predicted octanol–water partition coefficient (Wildman–Crippen LogP) is 5.85. The molecule has 0 saturated heterocycles. The van der Waals surface area contributed by atoms with Gasteiger partial charge in [0.1, 0.15) is 11.5 Å². The molecule has 29 heavy (non-hydrogen) atoms. The first-order chi connectivity index (χ1) is 14.3. The van der Waals surface area contributed by atoms with Crippen LogP contribution in [-0.4, -0.2) is 15.6 Å². The van der Waals surface area contributed by atoms with Crippen LogP contribution in [0.1, 0.15) is 28.9 Å². The van der Waals surface area contributed by atoms with E-state index < -0.39 is 0 Å². The Kier molecular flexibility index (Phi) is 4.45. The highest BCUT2D eigenvalue weighted by molar-refractivity contribution is 6.03. The number of benzene rings is 3. The van der Waals surface area contributed by atoms with Crippen LogP contribution in [0.3, 0.4) is 0 Å². The standard InChI is InChI=1S/C25H20N2O2/c28-23-16-8-15-22-24(23)25(27(26-22)19-10-3-1-4-11-19)18-9-7-14-21(17-18)29-20-12-5-2-6-13-20/h1-7,9-14,17H,8,15-16H2. The van der Waals surface area contributed by atoms with Crippen molar-refractivity contribution in [1.82, 2.24) is 9.78 Å². The number of ether oxygens (including phenoxy) is 1. The average Bonchev–Trinajstić information content (AvgIpc) is 3.16. The second kappa shape index (κ2) is 7.40. The van der Waals surface area contributed by atoms with Crippen molar-refractivity contribution in [3.05, 3.63) is 96.2 Å². The number of fused-ring (bicyclic) bond motifs is 1. The highest BCUT2D eigenvalue weighted by atomic mass is 16.5. The minimum atomic E-state index is 0.165. The van der Waals surface area contributed by atoms with Gasteiger partial charge in [0.25, 0.3) is 0 Å². The Balaban J connectivity index is 1.65. The molecule has 0 saturated carbocycles. The van der Waals surface area contributed by atoms with Gasteiger partial charge >= 0.3 is 0 Å². The molecule has 1 aromatic heterocycles. The topological polar surface area (TPSA) is 44.1 Å². The normalized spacial score (nSPS) is 13.2. The Morgan fingerprint density at radius 3 is 2.31 bits per heavy atom. The van der Waals surface area contributed by atoms with E-state index in [0.29, 0.717) is 6.42 Å². The van der Waals surface area contributed by atoms with Gasteiger partial charge in [-0.1, -0.05) is 48.5 Å². The Hall–Kier alpha value is -3.66. The van der Waals surface area contributed by atoms with Crippen LogP contribution < -0.4 is 4.74 Å². The minimum Gasteiger partial charge on any atom is -0.457 e. The van der Waals surface area contributed by atoms with E-state index in [1.54, 1.807) is 0 Å². The minimum absolute atomic E-state index is 0.165. The zero-order valence-corrected chi connectivity index (χ0v) is 15.9. The molecule has 1 aliphatic rings. The Bertz CT molecular complexity index is 1160. The van der Waals surface area contributed by atoms with Gasteiger partial charge in [-0.3, -0.25) is 4.79 Å². The maximum absolute atomic E-state index is 12.8. The summed E-state index contributed by atoms with van der Waals surface area (Å²) in [6.07, 6.45) is 2.25. The molecule has 4 heteroatoms. The average molecular weight is 380 g/mol. The van der Waals surface area contributed by atoms with Gasteiger partial charge in [0.2, 0.25) is 0 Å². The van der Waals surface area contributed by atoms with Gasteiger partial charge in [-0.2, -0.15) is 5.10 Å². The molecule has 4 aromatic rings. The van der Waals surface area contributed by atoms with Gasteiger partial charge in [-0.05, 0) is 49.2 Å². The molecular formula is C25H20N2O2. The fraction of sp³-hybridized carbons (Fsp3) is 0.120. The SMILES string of the molecule is O=C1CCCc2nn(-c3ccccc3)c(-c3cccc(Oc4ccccc4)c3)c21. The van der Waals surface area contributed by atoms with Crippen LogP contribution in [-0.2, 0) is 6.42 Å². The third-order valence-corrected chi connectivity index (χ3v) is 5.14. The molecule has 142 valence electrons. The fourth-order valence-electron chi connectivity index (χ4n) is 3.83. The van der Waals surface area contributed by atoms with E-state index in [4.69, 9.17) is 9.84 Å². The fourth-order valence-corrected chi connectivity index (χ4v) is 3.83. The summed E-state index contributed by atoms with van der Waals surface area (Å²) in [5.74, 6) is 1.67. The molecule has 0 atom stereocenters. The Morgan fingerprint density at radius 1 is 0.793 bits per heavy atom. The molecule has 4 nitrogen and oxygen atoms in total. The molecular weight excluding hydrogens is 360 g/mol. The van der Waals surface area contributed by atoms with Gasteiger partial charge in [0, 0.05) is 12.0 Å². The first kappa shape index (κ1) is 17.4. The highest BCUT2D eigenvalue weighted by Gasteiger charge is 2.28. The van der Waals surface area contributed by atoms with Crippen molar-refractivity contribution in [2.45, 2.75) is 19.3 Å². The van der Waals surface area contributed by atoms with E-state index in [1.807, 2.05) is 89.6 Å². The number of rotatable bonds is 4. The Labute approximate surface area is 169 Å². The molecule has 0 aliphatic heterocycles. The molecule has 0 bridgehead atoms. The third kappa shape index (κ3) is 3.34. The lowest BCUT2D eigenvalue weighted by Crippen LogP contribution is -2.10. The van der Waals surface area contributed by atoms with Crippen molar-refractivity contribution in [2.75, 3.05) is 0 Å². The second-order valence-electron chi connectivity index (χ2n) is 7.14. The molecule has 5 rings (SSSR count). The van der Waals surface area contributed by atoms with Crippen LogP contribution in [0.15, 0.2) is 84.9 Å². The number of aryl methyl sites for hydroxylation is 1. The summed E-state index contributed by atoms with van der Waals surface area (Å²) in [5, 5.41) is 4.82. The summed E-state index contributed by atoms with van der Waals surface area (Å²) in [6.45, 7) is 0. The van der Waals surface area contributed by atoms with Gasteiger partial charge in [0.15, 0.2) is 5.78 Å². The number of hydrogen-bond donors (Lipinski definition) is 0. The first-order valence-electron chi connectivity index (χ1n) is 9.83. The summed E-state index contributed by atoms with van der Waals surface area (Å²) in [6, 6.07) is 27.5. The van der Waals surface area contributed by atoms with Crippen LogP contribution in [0, 0.1) is 0 Å². The third-order valence-electron chi connectivity index (χ3n) is 5.14. The van der Waals surface area contributed by atoms with Crippen molar-refractivity contribution in [3.8, 4) is 28.4 Å². The van der Waals surface area contributed by atoms with Crippen molar-refractivity contribution in [2.24, 2.45) is 0 Å². The maximum Gasteiger partial charge on any atom is 0.166 e. The number of carbonyl (C=O) groups excluding carboxylic acids is 1. The lowest BCUT2D eigenvalue weighted by molar-refractivity contribution is 0.0973. The van der Waals surface area contributed by atoms with Gasteiger partial charge < -0.3 is 4.74 Å². The first-order valence-corrected chi connectivity index (χ1v) is 9.83. The van der Waals surface area contributed by atoms with Crippen molar-refractivity contribution >= 4 is 5.78 Å². The number of nitrogens with zero attached hydrogens (tertiary/aromatic N) is 2. The van der Waals surface area contributed by atoms with Crippen LogP contribution in [0.25, 0.3) is 16.9 Å². The van der Waals surface area contributed by atoms with Gasteiger partial charge in [-0.25, -0.2) is 4.68 Å². The van der Waals surface area contributed by atoms with Crippen molar-refractivity contribution < 1.29 is 9.53 Å². The van der Waals surface area contributed by atoms with E-state index >= 15 is 0 Å². The van der Waals surface area contributed by atoms with Crippen LogP contribution in [0.4, 0.5) is 0 Å². The molecule has 0 N–H and O–H groups in total. The van der Waals surface area contributed by atoms with E-state index in [0.717, 1.165) is 52.5 Å². The molecule has 0 spiro atoms. The quantitative estimate of drug-likeness (QED) is 0.446. The number of hydrogen-bond acceptors (Lipinski definition) is 3. The van der Waals surface area contributed by atoms with E-state index in [1.165, 1.54) is 0 Å². The number of carbonyl (C=O) groups is 1. The van der Waals surface area contributed by atoms with Crippen LogP contribution >= 0.6 is 0 Å². The van der Waals surface area contributed by atoms with E-state index in [2.05, 4.69) is 0 Å². The lowest BCUT2D eigenvalue weighted by Gasteiger charge is -2.13. The molecule has 1 aliphatic carbocycles. The zero-order valence-electron chi connectivity index (χ0n) is 15.9. The largest absolute Gasteiger partial charge is 0.457 e. The van der Waals surface area contributed by atoms with Crippen LogP contribution in [0.2, 0.25) is 0 Å². The number of para-hydroxylation sites is 2. The molecule has 0 unspecified atom stereocenters.